The summed E-state index contributed by atoms with van der Waals surface area (Å²) in [6.45, 7) is -8.28. The number of thiol groups is 1. The van der Waals surface area contributed by atoms with Gasteiger partial charge in [-0.15, -0.1) is 0 Å². The fourth-order valence-electron chi connectivity index (χ4n) is 5.35. The number of anilines is 1. The van der Waals surface area contributed by atoms with Gasteiger partial charge in [-0.2, -0.15) is 0 Å². The summed E-state index contributed by atoms with van der Waals surface area (Å²) in [5.74, 6) is 0.323. The molecule has 3 aliphatic heterocycles. The molecule has 4 aromatic rings. The first-order valence-electron chi connectivity index (χ1n) is 13.1. The van der Waals surface area contributed by atoms with Crippen LogP contribution in [0.3, 0.4) is 0 Å². The third kappa shape index (κ3) is 5.62. The summed E-state index contributed by atoms with van der Waals surface area (Å²) in [6, 6.07) is 0. The summed E-state index contributed by atoms with van der Waals surface area (Å²) in [5.41, 5.74) is 5.73. The van der Waals surface area contributed by atoms with Gasteiger partial charge < -0.3 is 34.7 Å². The van der Waals surface area contributed by atoms with Crippen LogP contribution in [0.15, 0.2) is 23.8 Å². The minimum Gasteiger partial charge on any atom is -0.387 e. The van der Waals surface area contributed by atoms with E-state index in [9.17, 15) is 19.4 Å². The Morgan fingerprint density at radius 3 is 2.51 bits per heavy atom. The number of aliphatic hydroxyl groups is 1. The highest BCUT2D eigenvalue weighted by Gasteiger charge is 2.53. The van der Waals surface area contributed by atoms with Crippen LogP contribution in [0.25, 0.3) is 22.3 Å². The lowest BCUT2D eigenvalue weighted by Crippen LogP contribution is -2.35. The van der Waals surface area contributed by atoms with Crippen molar-refractivity contribution in [3.63, 3.8) is 0 Å². The van der Waals surface area contributed by atoms with E-state index in [-0.39, 0.29) is 34.0 Å². The Kier molecular flexibility index (Phi) is 7.86. The van der Waals surface area contributed by atoms with Crippen LogP contribution < -0.4 is 11.3 Å². The van der Waals surface area contributed by atoms with Crippen LogP contribution in [0, 0.1) is 6.92 Å². The number of fused-ring (bicyclic) bond motifs is 5. The predicted octanol–water partition coefficient (Wildman–Crippen LogP) is 0.416. The van der Waals surface area contributed by atoms with Crippen LogP contribution in [0.2, 0.25) is 0 Å². The average Bonchev–Trinajstić information content (AvgIpc) is 3.72. The molecule has 5 N–H and O–H groups in total. The van der Waals surface area contributed by atoms with Crippen molar-refractivity contribution in [2.45, 2.75) is 56.1 Å². The summed E-state index contributed by atoms with van der Waals surface area (Å²) >= 11 is 9.24. The molecule has 242 valence electrons. The Labute approximate surface area is 261 Å². The molecule has 24 heteroatoms. The minimum atomic E-state index is -4.38. The Hall–Kier alpha value is -2.46. The van der Waals surface area contributed by atoms with Crippen molar-refractivity contribution in [2.75, 3.05) is 18.9 Å². The molecule has 3 saturated heterocycles. The van der Waals surface area contributed by atoms with Gasteiger partial charge in [-0.05, 0) is 18.7 Å². The van der Waals surface area contributed by atoms with Crippen molar-refractivity contribution < 1.29 is 46.5 Å². The smallest absolute Gasteiger partial charge is 0.386 e. The average molecular weight is 708 g/mol. The number of nitrogens with two attached hydrogens (primary N) is 1. The molecule has 0 saturated carbocycles. The molecule has 2 bridgehead atoms. The molecule has 7 heterocycles. The quantitative estimate of drug-likeness (QED) is 0.140. The van der Waals surface area contributed by atoms with Crippen molar-refractivity contribution in [1.82, 2.24) is 39.0 Å². The molecule has 0 radical (unpaired) electrons. The Balaban J connectivity index is 1.21. The number of H-pyrrole nitrogens is 1. The monoisotopic (exact) mass is 707 g/mol. The molecule has 4 aromatic heterocycles. The van der Waals surface area contributed by atoms with E-state index in [0.29, 0.717) is 0 Å². The molecule has 0 amide bonds. The fraction of sp³-hybridized carbons (Fsp3) is 0.524. The summed E-state index contributed by atoms with van der Waals surface area (Å²) in [4.78, 5) is 46.3. The van der Waals surface area contributed by atoms with Gasteiger partial charge in [0.25, 0.3) is 5.56 Å². The maximum atomic E-state index is 16.0. The normalized spacial score (nSPS) is 37.7. The molecular weight excluding hydrogens is 683 g/mol. The number of hydrogen-bond acceptors (Lipinski definition) is 16. The number of aryl methyl sites for hydroxylation is 1. The number of aromatic amines is 1. The summed E-state index contributed by atoms with van der Waals surface area (Å²) in [6.07, 6.45) is -8.30. The van der Waals surface area contributed by atoms with E-state index >= 15 is 4.39 Å². The highest BCUT2D eigenvalue weighted by atomic mass is 32.7. The predicted molar refractivity (Wildman–Crippen MR) is 156 cm³/mol. The van der Waals surface area contributed by atoms with Gasteiger partial charge in [-0.1, -0.05) is 12.2 Å². The van der Waals surface area contributed by atoms with E-state index in [4.69, 9.17) is 45.1 Å². The topological polar surface area (TPSA) is 246 Å². The minimum absolute atomic E-state index is 0.0318. The summed E-state index contributed by atoms with van der Waals surface area (Å²) < 4.78 is 66.2. The second kappa shape index (κ2) is 11.4. The fourth-order valence-corrected chi connectivity index (χ4v) is 8.25. The Morgan fingerprint density at radius 1 is 1.04 bits per heavy atom. The molecule has 0 aromatic carbocycles. The first-order valence-corrected chi connectivity index (χ1v) is 18.4. The molecule has 3 aliphatic rings. The van der Waals surface area contributed by atoms with E-state index in [2.05, 4.69) is 42.2 Å². The molecule has 19 nitrogen and oxygen atoms in total. The van der Waals surface area contributed by atoms with Crippen molar-refractivity contribution in [1.29, 1.82) is 0 Å². The number of aliphatic hydroxyl groups excluding tert-OH is 1. The molecule has 10 unspecified atom stereocenters. The van der Waals surface area contributed by atoms with Crippen LogP contribution in [-0.2, 0) is 43.9 Å². The number of imidazole rings is 2. The molecule has 3 fully saturated rings. The largest absolute Gasteiger partial charge is 0.387 e. The molecule has 10 atom stereocenters. The van der Waals surface area contributed by atoms with Gasteiger partial charge >= 0.3 is 13.5 Å². The molecular formula is C21H24FN9O10P2S2. The number of halogens is 1. The number of hydrogen-bond donors (Lipinski definition) is 5. The van der Waals surface area contributed by atoms with E-state index in [0.717, 1.165) is 0 Å². The van der Waals surface area contributed by atoms with Gasteiger partial charge in [0, 0.05) is 0 Å². The van der Waals surface area contributed by atoms with Crippen molar-refractivity contribution in [3.05, 3.63) is 35.2 Å². The van der Waals surface area contributed by atoms with Crippen LogP contribution >= 0.6 is 25.8 Å². The van der Waals surface area contributed by atoms with Crippen molar-refractivity contribution in [2.24, 2.45) is 0 Å². The number of ether oxygens (including phenoxy) is 2. The zero-order chi connectivity index (χ0) is 31.8. The van der Waals surface area contributed by atoms with Crippen LogP contribution in [0.1, 0.15) is 18.3 Å². The zero-order valence-electron chi connectivity index (χ0n) is 22.8. The molecule has 0 spiro atoms. The van der Waals surface area contributed by atoms with Gasteiger partial charge in [0.15, 0.2) is 41.3 Å². The second-order valence-electron chi connectivity index (χ2n) is 10.3. The van der Waals surface area contributed by atoms with E-state index in [1.54, 1.807) is 6.92 Å². The van der Waals surface area contributed by atoms with Gasteiger partial charge in [-0.25, -0.2) is 33.9 Å². The van der Waals surface area contributed by atoms with Crippen molar-refractivity contribution >= 4 is 65.7 Å². The van der Waals surface area contributed by atoms with E-state index < -0.39 is 81.4 Å². The number of nitrogens with one attached hydrogen (secondary N) is 1. The Morgan fingerprint density at radius 2 is 1.73 bits per heavy atom. The maximum absolute atomic E-state index is 16.0. The van der Waals surface area contributed by atoms with E-state index in [1.165, 1.54) is 28.1 Å². The van der Waals surface area contributed by atoms with Crippen molar-refractivity contribution in [3.8, 4) is 0 Å². The molecule has 7 rings (SSSR count). The van der Waals surface area contributed by atoms with Gasteiger partial charge in [0.1, 0.15) is 48.2 Å². The SMILES string of the molecule is Cc1nc2c(ncn2C2OC3COP(O)(=S)OC4C(COP(=O)(S)OC2C3O)OC(n2cnc3c(N)ncnc32)C4F)c(=O)[nH]1. The van der Waals surface area contributed by atoms with Crippen LogP contribution in [-0.4, -0.2) is 98.9 Å². The Bertz CT molecular complexity index is 1950. The lowest BCUT2D eigenvalue weighted by Gasteiger charge is -2.27. The number of nitrogen functional groups attached to an aromatic ring is 1. The molecule has 0 aliphatic carbocycles. The lowest BCUT2D eigenvalue weighted by molar-refractivity contribution is -0.0584. The standard InChI is InChI=1S/C21H24FN9O10P2S2/c1-7-28-18-12(19(33)29-7)27-6-31(18)21-15-13(32)8(38-21)2-36-42(34,44)40-14-9(3-37-43(35,45)41-15)39-20(10(14)22)30-5-26-11-16(23)24-4-25-17(11)30/h4-6,8-10,13-15,20-21,32H,2-3H2,1H3,(H,34,44)(H,35,45)(H2,23,24,25)(H,28,29,33). The summed E-state index contributed by atoms with van der Waals surface area (Å²) in [7, 11) is 0. The van der Waals surface area contributed by atoms with Gasteiger partial charge in [0.2, 0.25) is 0 Å². The van der Waals surface area contributed by atoms with Gasteiger partial charge in [-0.3, -0.25) is 27.5 Å². The first-order chi connectivity index (χ1) is 21.3. The summed E-state index contributed by atoms with van der Waals surface area (Å²) in [5, 5.41) is 11.1. The number of aromatic nitrogens is 8. The van der Waals surface area contributed by atoms with E-state index in [1.807, 2.05) is 0 Å². The number of rotatable bonds is 2. The number of nitrogens with zero attached hydrogens (tertiary/aromatic N) is 7. The maximum Gasteiger partial charge on any atom is 0.386 e. The second-order valence-corrected chi connectivity index (χ2v) is 16.0. The third-order valence-electron chi connectivity index (χ3n) is 7.38. The molecule has 45 heavy (non-hydrogen) atoms. The van der Waals surface area contributed by atoms with Crippen LogP contribution in [0.4, 0.5) is 10.2 Å². The highest BCUT2D eigenvalue weighted by Crippen LogP contribution is 2.58. The zero-order valence-corrected chi connectivity index (χ0v) is 26.3. The first kappa shape index (κ1) is 31.2. The van der Waals surface area contributed by atoms with Crippen LogP contribution in [0.5, 0.6) is 0 Å². The van der Waals surface area contributed by atoms with Gasteiger partial charge in [0.05, 0.1) is 25.9 Å². The third-order valence-corrected chi connectivity index (χ3v) is 10.6. The number of alkyl halides is 1. The lowest BCUT2D eigenvalue weighted by atomic mass is 10.1. The highest BCUT2D eigenvalue weighted by molar-refractivity contribution is 8.44.